The topological polar surface area (TPSA) is 76.3 Å². The Hall–Kier alpha value is -2.71. The van der Waals surface area contributed by atoms with Gasteiger partial charge in [0, 0.05) is 11.8 Å². The van der Waals surface area contributed by atoms with Crippen LogP contribution >= 0.6 is 11.6 Å². The third-order valence-corrected chi connectivity index (χ3v) is 3.44. The highest BCUT2D eigenvalue weighted by Crippen LogP contribution is 2.30. The third-order valence-electron chi connectivity index (χ3n) is 3.21. The first-order chi connectivity index (χ1) is 10.1. The Morgan fingerprint density at radius 2 is 2.14 bits per heavy atom. The van der Waals surface area contributed by atoms with E-state index in [4.69, 9.17) is 27.3 Å². The monoisotopic (exact) mass is 298 g/mol. The maximum Gasteiger partial charge on any atom is 0.139 e. The first-order valence-electron chi connectivity index (χ1n) is 6.15. The molecule has 0 amide bonds. The molecule has 2 aromatic heterocycles. The van der Waals surface area contributed by atoms with Crippen LogP contribution in [0, 0.1) is 11.3 Å². The molecule has 21 heavy (non-hydrogen) atoms. The number of hydrogen-bond donors (Lipinski definition) is 1. The lowest BCUT2D eigenvalue weighted by atomic mass is 10.1. The largest absolute Gasteiger partial charge is 0.495 e. The van der Waals surface area contributed by atoms with Gasteiger partial charge in [-0.2, -0.15) is 5.26 Å². The zero-order chi connectivity index (χ0) is 15.0. The lowest BCUT2D eigenvalue weighted by molar-refractivity contribution is 0.413. The van der Waals surface area contributed by atoms with Gasteiger partial charge in [-0.05, 0) is 30.3 Å². The second-order valence-electron chi connectivity index (χ2n) is 4.45. The molecule has 0 saturated heterocycles. The molecule has 0 fully saturated rings. The minimum atomic E-state index is 0.435. The van der Waals surface area contributed by atoms with Crippen LogP contribution in [0.25, 0.3) is 16.9 Å². The molecule has 104 valence electrons. The Labute approximate surface area is 126 Å². The second-order valence-corrected chi connectivity index (χ2v) is 4.88. The second kappa shape index (κ2) is 5.00. The number of aromatic nitrogens is 2. The fourth-order valence-corrected chi connectivity index (χ4v) is 2.35. The Morgan fingerprint density at radius 1 is 1.33 bits per heavy atom. The molecule has 0 atom stereocenters. The van der Waals surface area contributed by atoms with Crippen LogP contribution in [0.3, 0.4) is 0 Å². The molecule has 6 heteroatoms. The van der Waals surface area contributed by atoms with Gasteiger partial charge < -0.3 is 10.5 Å². The maximum atomic E-state index is 9.16. The van der Waals surface area contributed by atoms with Gasteiger partial charge in [-0.1, -0.05) is 11.6 Å². The molecule has 3 aromatic rings. The first-order valence-corrected chi connectivity index (χ1v) is 6.53. The number of nitrogens with zero attached hydrogens (tertiary/aromatic N) is 3. The zero-order valence-electron chi connectivity index (χ0n) is 11.2. The number of nitrogen functional groups attached to an aromatic ring is 1. The SMILES string of the molecule is COc1ccc(-c2nc3ccc(Cl)cn3c2N)cc1C#N. The average Bonchev–Trinajstić information content (AvgIpc) is 2.83. The molecule has 2 heterocycles. The number of nitrogens with two attached hydrogens (primary N) is 1. The summed E-state index contributed by atoms with van der Waals surface area (Å²) in [5.74, 6) is 0.994. The van der Waals surface area contributed by atoms with Crippen LogP contribution in [0.5, 0.6) is 5.75 Å². The standard InChI is InChI=1S/C15H11ClN4O/c1-21-12-4-2-9(6-10(12)7-17)14-15(18)20-8-11(16)3-5-13(20)19-14/h2-6,8H,18H2,1H3. The molecule has 2 N–H and O–H groups in total. The van der Waals surface area contributed by atoms with Crippen LogP contribution in [-0.4, -0.2) is 16.5 Å². The van der Waals surface area contributed by atoms with Gasteiger partial charge in [-0.15, -0.1) is 0 Å². The molecule has 0 aliphatic heterocycles. The zero-order valence-corrected chi connectivity index (χ0v) is 11.9. The van der Waals surface area contributed by atoms with Crippen molar-refractivity contribution in [2.75, 3.05) is 12.8 Å². The molecule has 0 unspecified atom stereocenters. The van der Waals surface area contributed by atoms with E-state index in [9.17, 15) is 0 Å². The highest BCUT2D eigenvalue weighted by molar-refractivity contribution is 6.30. The van der Waals surface area contributed by atoms with Gasteiger partial charge in [0.15, 0.2) is 0 Å². The number of rotatable bonds is 2. The molecule has 0 aliphatic rings. The van der Waals surface area contributed by atoms with Crippen LogP contribution < -0.4 is 10.5 Å². The molecule has 3 rings (SSSR count). The first kappa shape index (κ1) is 13.3. The highest BCUT2D eigenvalue weighted by atomic mass is 35.5. The molecule has 0 radical (unpaired) electrons. The highest BCUT2D eigenvalue weighted by Gasteiger charge is 2.13. The van der Waals surface area contributed by atoms with Gasteiger partial charge in [0.25, 0.3) is 0 Å². The number of hydrogen-bond acceptors (Lipinski definition) is 4. The Bertz CT molecular complexity index is 879. The summed E-state index contributed by atoms with van der Waals surface area (Å²) in [6.07, 6.45) is 1.71. The molecular weight excluding hydrogens is 288 g/mol. The van der Waals surface area contributed by atoms with E-state index >= 15 is 0 Å². The predicted octanol–water partition coefficient (Wildman–Crippen LogP) is 3.12. The summed E-state index contributed by atoms with van der Waals surface area (Å²) >= 11 is 5.97. The smallest absolute Gasteiger partial charge is 0.139 e. The van der Waals surface area contributed by atoms with Crippen LogP contribution in [0.4, 0.5) is 5.82 Å². The van der Waals surface area contributed by atoms with E-state index in [1.165, 1.54) is 7.11 Å². The molecule has 0 saturated carbocycles. The van der Waals surface area contributed by atoms with E-state index in [-0.39, 0.29) is 0 Å². The maximum absolute atomic E-state index is 9.16. The number of pyridine rings is 1. The van der Waals surface area contributed by atoms with E-state index in [1.807, 2.05) is 6.07 Å². The number of imidazole rings is 1. The Balaban J connectivity index is 2.21. The Kier molecular flexibility index (Phi) is 3.16. The quantitative estimate of drug-likeness (QED) is 0.788. The van der Waals surface area contributed by atoms with Crippen LogP contribution in [0.2, 0.25) is 5.02 Å². The number of halogens is 1. The van der Waals surface area contributed by atoms with Gasteiger partial charge in [0.1, 0.15) is 29.0 Å². The minimum absolute atomic E-state index is 0.435. The van der Waals surface area contributed by atoms with Gasteiger partial charge in [0.05, 0.1) is 17.7 Å². The van der Waals surface area contributed by atoms with E-state index in [0.717, 1.165) is 5.56 Å². The number of nitriles is 1. The predicted molar refractivity (Wildman–Crippen MR) is 81.3 cm³/mol. The molecule has 5 nitrogen and oxygen atoms in total. The van der Waals surface area contributed by atoms with Gasteiger partial charge >= 0.3 is 0 Å². The van der Waals surface area contributed by atoms with E-state index in [1.54, 1.807) is 34.9 Å². The number of methoxy groups -OCH3 is 1. The number of ether oxygens (including phenoxy) is 1. The van der Waals surface area contributed by atoms with Crippen molar-refractivity contribution < 1.29 is 4.74 Å². The summed E-state index contributed by atoms with van der Waals surface area (Å²) in [5, 5.41) is 9.74. The summed E-state index contributed by atoms with van der Waals surface area (Å²) in [6.45, 7) is 0. The van der Waals surface area contributed by atoms with Gasteiger partial charge in [-0.25, -0.2) is 4.98 Å². The summed E-state index contributed by atoms with van der Waals surface area (Å²) < 4.78 is 6.85. The molecule has 1 aromatic carbocycles. The number of anilines is 1. The fraction of sp³-hybridized carbons (Fsp3) is 0.0667. The van der Waals surface area contributed by atoms with Gasteiger partial charge in [-0.3, -0.25) is 4.40 Å². The third kappa shape index (κ3) is 2.16. The average molecular weight is 299 g/mol. The normalized spacial score (nSPS) is 10.5. The van der Waals surface area contributed by atoms with Crippen LogP contribution in [0.1, 0.15) is 5.56 Å². The fourth-order valence-electron chi connectivity index (χ4n) is 2.19. The van der Waals surface area contributed by atoms with Crippen molar-refractivity contribution in [3.8, 4) is 23.1 Å². The van der Waals surface area contributed by atoms with Crippen molar-refractivity contribution >= 4 is 23.1 Å². The van der Waals surface area contributed by atoms with Crippen molar-refractivity contribution in [1.29, 1.82) is 5.26 Å². The number of benzene rings is 1. The lowest BCUT2D eigenvalue weighted by Crippen LogP contribution is -1.94. The van der Waals surface area contributed by atoms with Crippen LogP contribution in [-0.2, 0) is 0 Å². The van der Waals surface area contributed by atoms with E-state index in [2.05, 4.69) is 11.1 Å². The summed E-state index contributed by atoms with van der Waals surface area (Å²) in [7, 11) is 1.52. The van der Waals surface area contributed by atoms with Crippen molar-refractivity contribution in [1.82, 2.24) is 9.38 Å². The van der Waals surface area contributed by atoms with E-state index < -0.39 is 0 Å². The van der Waals surface area contributed by atoms with Crippen molar-refractivity contribution in [2.45, 2.75) is 0 Å². The van der Waals surface area contributed by atoms with Crippen molar-refractivity contribution in [3.05, 3.63) is 47.1 Å². The summed E-state index contributed by atoms with van der Waals surface area (Å²) in [5.41, 5.74) is 8.62. The summed E-state index contributed by atoms with van der Waals surface area (Å²) in [4.78, 5) is 4.48. The molecular formula is C15H11ClN4O. The summed E-state index contributed by atoms with van der Waals surface area (Å²) in [6, 6.07) is 10.9. The van der Waals surface area contributed by atoms with Crippen molar-refractivity contribution in [3.63, 3.8) is 0 Å². The van der Waals surface area contributed by atoms with Crippen LogP contribution in [0.15, 0.2) is 36.5 Å². The Morgan fingerprint density at radius 3 is 2.86 bits per heavy atom. The number of fused-ring (bicyclic) bond motifs is 1. The minimum Gasteiger partial charge on any atom is -0.495 e. The molecule has 0 bridgehead atoms. The van der Waals surface area contributed by atoms with E-state index in [0.29, 0.717) is 33.5 Å². The van der Waals surface area contributed by atoms with Crippen molar-refractivity contribution in [2.24, 2.45) is 0 Å². The molecule has 0 aliphatic carbocycles. The molecule has 0 spiro atoms. The van der Waals surface area contributed by atoms with Gasteiger partial charge in [0.2, 0.25) is 0 Å². The lowest BCUT2D eigenvalue weighted by Gasteiger charge is -2.05.